The molecule has 0 aliphatic carbocycles. The summed E-state index contributed by atoms with van der Waals surface area (Å²) in [6, 6.07) is 49.1. The third kappa shape index (κ3) is 9.88. The van der Waals surface area contributed by atoms with Crippen LogP contribution >= 0.6 is 0 Å². The van der Waals surface area contributed by atoms with Crippen molar-refractivity contribution in [3.05, 3.63) is 168 Å². The SMILES string of the molecule is COc1ccc([Se][C@@H]2O[C@H](COCc3ccccc3)[C@@H](OCc3ccccc3)[C@H](OCc3ccccc3)[C@H]2OCc2ccccc2)cc1. The first-order valence-corrected chi connectivity index (χ1v) is 18.1. The summed E-state index contributed by atoms with van der Waals surface area (Å²) in [7, 11) is 1.68. The van der Waals surface area contributed by atoms with Gasteiger partial charge in [0.2, 0.25) is 0 Å². The van der Waals surface area contributed by atoms with E-state index in [-0.39, 0.29) is 26.1 Å². The molecule has 0 radical (unpaired) electrons. The molecule has 6 rings (SSSR count). The summed E-state index contributed by atoms with van der Waals surface area (Å²) >= 11 is -0.121. The number of rotatable bonds is 16. The Labute approximate surface area is 290 Å². The van der Waals surface area contributed by atoms with E-state index >= 15 is 0 Å². The van der Waals surface area contributed by atoms with Gasteiger partial charge in [-0.1, -0.05) is 0 Å². The van der Waals surface area contributed by atoms with Crippen LogP contribution in [-0.4, -0.2) is 58.1 Å². The molecule has 5 aromatic rings. The third-order valence-corrected chi connectivity index (χ3v) is 10.6. The van der Waals surface area contributed by atoms with E-state index in [2.05, 4.69) is 60.7 Å². The summed E-state index contributed by atoms with van der Waals surface area (Å²) in [6.45, 7) is 2.08. The molecular weight excluding hydrogens is 667 g/mol. The molecule has 1 aliphatic heterocycles. The van der Waals surface area contributed by atoms with E-state index < -0.39 is 18.3 Å². The summed E-state index contributed by atoms with van der Waals surface area (Å²) in [5, 5.41) is -0.266. The molecule has 0 amide bonds. The van der Waals surface area contributed by atoms with Crippen LogP contribution in [0.5, 0.6) is 5.75 Å². The molecule has 0 N–H and O–H groups in total. The second-order valence-corrected chi connectivity index (χ2v) is 14.1. The molecule has 48 heavy (non-hydrogen) atoms. The van der Waals surface area contributed by atoms with Crippen molar-refractivity contribution >= 4 is 19.4 Å². The van der Waals surface area contributed by atoms with Crippen LogP contribution in [0.25, 0.3) is 0 Å². The fraction of sp³-hybridized carbons (Fsp3) is 0.268. The molecule has 1 saturated heterocycles. The van der Waals surface area contributed by atoms with Gasteiger partial charge in [-0.3, -0.25) is 0 Å². The van der Waals surface area contributed by atoms with Gasteiger partial charge in [0.25, 0.3) is 0 Å². The zero-order chi connectivity index (χ0) is 32.8. The molecule has 0 spiro atoms. The minimum absolute atomic E-state index is 0.121. The Kier molecular flexibility index (Phi) is 12.9. The molecule has 7 heteroatoms. The summed E-state index contributed by atoms with van der Waals surface area (Å²) in [6.07, 6.45) is -1.67. The molecule has 0 saturated carbocycles. The van der Waals surface area contributed by atoms with Gasteiger partial charge in [-0.25, -0.2) is 0 Å². The van der Waals surface area contributed by atoms with Gasteiger partial charge >= 0.3 is 291 Å². The quantitative estimate of drug-likeness (QED) is 0.106. The number of hydrogen-bond donors (Lipinski definition) is 0. The molecule has 5 aromatic carbocycles. The van der Waals surface area contributed by atoms with Crippen LogP contribution in [0, 0.1) is 0 Å². The van der Waals surface area contributed by atoms with Crippen LogP contribution in [0.3, 0.4) is 0 Å². The third-order valence-electron chi connectivity index (χ3n) is 8.15. The minimum atomic E-state index is -0.451. The maximum absolute atomic E-state index is 7.01. The van der Waals surface area contributed by atoms with E-state index in [1.54, 1.807) is 7.11 Å². The van der Waals surface area contributed by atoms with Gasteiger partial charge in [-0.2, -0.15) is 0 Å². The Bertz CT molecular complexity index is 1610. The zero-order valence-electron chi connectivity index (χ0n) is 27.1. The average molecular weight is 710 g/mol. The fourth-order valence-corrected chi connectivity index (χ4v) is 8.00. The molecule has 6 nitrogen and oxygen atoms in total. The van der Waals surface area contributed by atoms with E-state index in [4.69, 9.17) is 28.4 Å². The van der Waals surface area contributed by atoms with Gasteiger partial charge in [0.1, 0.15) is 0 Å². The van der Waals surface area contributed by atoms with E-state index in [1.807, 2.05) is 84.9 Å². The Morgan fingerprint density at radius 2 is 0.938 bits per heavy atom. The Hall–Kier alpha value is -3.78. The summed E-state index contributed by atoms with van der Waals surface area (Å²) in [5.41, 5.74) is 4.36. The summed E-state index contributed by atoms with van der Waals surface area (Å²) in [4.78, 5) is 0. The van der Waals surface area contributed by atoms with Gasteiger partial charge in [0, 0.05) is 0 Å². The predicted molar refractivity (Wildman–Crippen MR) is 188 cm³/mol. The van der Waals surface area contributed by atoms with Crippen molar-refractivity contribution in [3.63, 3.8) is 0 Å². The van der Waals surface area contributed by atoms with Gasteiger partial charge in [-0.15, -0.1) is 0 Å². The first kappa shape index (κ1) is 34.1. The first-order chi connectivity index (χ1) is 23.7. The summed E-state index contributed by atoms with van der Waals surface area (Å²) < 4.78 is 40.4. The van der Waals surface area contributed by atoms with Crippen molar-refractivity contribution in [2.75, 3.05) is 13.7 Å². The molecule has 1 fully saturated rings. The molecule has 1 aliphatic rings. The van der Waals surface area contributed by atoms with Crippen LogP contribution in [-0.2, 0) is 50.1 Å². The standard InChI is InChI=1S/C41H42O6Se/c1-42-35-22-24-36(25-23-35)48-41-40(46-29-34-20-12-5-13-21-34)39(45-28-33-18-10-4-11-19-33)38(44-27-32-16-8-3-9-17-32)37(47-41)30-43-26-31-14-6-2-7-15-31/h2-25,37-41H,26-30H2,1H3/t37-,38-,39+,40-,41+/m1/s1. The normalized spacial score (nSPS) is 20.7. The molecule has 0 aromatic heterocycles. The Morgan fingerprint density at radius 1 is 0.500 bits per heavy atom. The van der Waals surface area contributed by atoms with Gasteiger partial charge < -0.3 is 0 Å². The molecule has 0 unspecified atom stereocenters. The van der Waals surface area contributed by atoms with E-state index in [0.29, 0.717) is 33.0 Å². The van der Waals surface area contributed by atoms with Crippen LogP contribution in [0.1, 0.15) is 22.3 Å². The van der Waals surface area contributed by atoms with Crippen molar-refractivity contribution in [1.29, 1.82) is 0 Å². The van der Waals surface area contributed by atoms with Crippen molar-refractivity contribution in [2.24, 2.45) is 0 Å². The maximum atomic E-state index is 7.01. The van der Waals surface area contributed by atoms with Crippen molar-refractivity contribution in [3.8, 4) is 5.75 Å². The van der Waals surface area contributed by atoms with Crippen LogP contribution < -0.4 is 9.20 Å². The zero-order valence-corrected chi connectivity index (χ0v) is 28.8. The van der Waals surface area contributed by atoms with Gasteiger partial charge in [0.15, 0.2) is 0 Å². The molecule has 0 bridgehead atoms. The van der Waals surface area contributed by atoms with E-state index in [0.717, 1.165) is 28.0 Å². The van der Waals surface area contributed by atoms with Crippen molar-refractivity contribution in [2.45, 2.75) is 55.8 Å². The topological polar surface area (TPSA) is 55.4 Å². The van der Waals surface area contributed by atoms with Crippen LogP contribution in [0.4, 0.5) is 0 Å². The first-order valence-electron chi connectivity index (χ1n) is 16.3. The molecule has 5 atom stereocenters. The summed E-state index contributed by atoms with van der Waals surface area (Å²) in [5.74, 6) is 0.821. The molecular formula is C41H42O6Se. The monoisotopic (exact) mass is 710 g/mol. The average Bonchev–Trinajstić information content (AvgIpc) is 3.15. The number of methoxy groups -OCH3 is 1. The second-order valence-electron chi connectivity index (χ2n) is 11.6. The van der Waals surface area contributed by atoms with E-state index in [9.17, 15) is 0 Å². The molecule has 1 heterocycles. The Morgan fingerprint density at radius 3 is 1.42 bits per heavy atom. The van der Waals surface area contributed by atoms with E-state index in [1.165, 1.54) is 4.46 Å². The number of benzene rings is 5. The van der Waals surface area contributed by atoms with Crippen molar-refractivity contribution < 1.29 is 28.4 Å². The fourth-order valence-electron chi connectivity index (χ4n) is 5.63. The number of ether oxygens (including phenoxy) is 6. The van der Waals surface area contributed by atoms with Crippen LogP contribution in [0.15, 0.2) is 146 Å². The van der Waals surface area contributed by atoms with Gasteiger partial charge in [0.05, 0.1) is 0 Å². The molecule has 248 valence electrons. The van der Waals surface area contributed by atoms with Crippen LogP contribution in [0.2, 0.25) is 0 Å². The van der Waals surface area contributed by atoms with Crippen molar-refractivity contribution in [1.82, 2.24) is 0 Å². The van der Waals surface area contributed by atoms with Gasteiger partial charge in [-0.05, 0) is 0 Å². The predicted octanol–water partition coefficient (Wildman–Crippen LogP) is 6.72. The number of hydrogen-bond acceptors (Lipinski definition) is 6. The Balaban J connectivity index is 1.32. The second kappa shape index (κ2) is 18.1.